The first kappa shape index (κ1) is 35.3. The fourth-order valence-electron chi connectivity index (χ4n) is 3.65. The van der Waals surface area contributed by atoms with Gasteiger partial charge in [-0.15, -0.1) is 0 Å². The van der Waals surface area contributed by atoms with Crippen LogP contribution in [0.15, 0.2) is 29.4 Å². The Kier molecular flexibility index (Phi) is 15.6. The van der Waals surface area contributed by atoms with E-state index >= 15 is 0 Å². The van der Waals surface area contributed by atoms with Crippen molar-refractivity contribution in [3.05, 3.63) is 34.7 Å². The van der Waals surface area contributed by atoms with E-state index in [2.05, 4.69) is 15.3 Å². The zero-order chi connectivity index (χ0) is 31.7. The molecule has 18 heteroatoms. The first-order valence-electron chi connectivity index (χ1n) is 12.5. The molecule has 1 aromatic rings. The number of azide groups is 1. The molecule has 0 aliphatic rings. The molecule has 0 unspecified atom stereocenters. The lowest BCUT2D eigenvalue weighted by molar-refractivity contribution is -0.143. The Balaban J connectivity index is 2.71. The Labute approximate surface area is 240 Å². The van der Waals surface area contributed by atoms with Crippen LogP contribution in [0.5, 0.6) is 0 Å². The highest BCUT2D eigenvalue weighted by Crippen LogP contribution is 2.16. The van der Waals surface area contributed by atoms with Crippen LogP contribution in [0.3, 0.4) is 0 Å². The van der Waals surface area contributed by atoms with Crippen LogP contribution in [0, 0.1) is 0 Å². The number of ketones is 1. The number of aliphatic carboxylic acids is 4. The molecular formula is C24H34N8O10. The highest BCUT2D eigenvalue weighted by Gasteiger charge is 2.21. The van der Waals surface area contributed by atoms with Crippen LogP contribution in [0.2, 0.25) is 0 Å². The molecule has 42 heavy (non-hydrogen) atoms. The summed E-state index contributed by atoms with van der Waals surface area (Å²) in [7, 11) is 1.38. The summed E-state index contributed by atoms with van der Waals surface area (Å²) < 4.78 is 0. The van der Waals surface area contributed by atoms with Gasteiger partial charge in [-0.3, -0.25) is 43.5 Å². The molecule has 0 aliphatic carbocycles. The lowest BCUT2D eigenvalue weighted by Crippen LogP contribution is -2.47. The average molecular weight is 595 g/mol. The van der Waals surface area contributed by atoms with Gasteiger partial charge in [0.15, 0.2) is 5.78 Å². The number of carbonyl (C=O) groups is 6. The number of nitrogens with zero attached hydrogens (tertiary/aromatic N) is 7. The van der Waals surface area contributed by atoms with E-state index in [1.54, 1.807) is 24.3 Å². The average Bonchev–Trinajstić information content (AvgIpc) is 2.88. The topological polar surface area (TPSA) is 257 Å². The lowest BCUT2D eigenvalue weighted by Gasteiger charge is -2.28. The second kappa shape index (κ2) is 18.6. The Bertz CT molecular complexity index is 1140. The van der Waals surface area contributed by atoms with Crippen molar-refractivity contribution in [1.82, 2.24) is 19.6 Å². The maximum Gasteiger partial charge on any atom is 0.317 e. The monoisotopic (exact) mass is 594 g/mol. The van der Waals surface area contributed by atoms with Gasteiger partial charge in [0.25, 0.3) is 0 Å². The number of hydrogen-bond donors (Lipinski definition) is 5. The molecule has 0 atom stereocenters. The number of anilines is 1. The number of carboxylic acids is 4. The van der Waals surface area contributed by atoms with Gasteiger partial charge in [0.2, 0.25) is 5.91 Å². The van der Waals surface area contributed by atoms with Gasteiger partial charge >= 0.3 is 23.9 Å². The van der Waals surface area contributed by atoms with Crippen LogP contribution in [0.1, 0.15) is 0 Å². The smallest absolute Gasteiger partial charge is 0.317 e. The van der Waals surface area contributed by atoms with Crippen molar-refractivity contribution in [2.24, 2.45) is 5.11 Å². The molecule has 0 aliphatic heterocycles. The van der Waals surface area contributed by atoms with Gasteiger partial charge < -0.3 is 30.6 Å². The largest absolute Gasteiger partial charge is 0.480 e. The Morgan fingerprint density at radius 2 is 1.14 bits per heavy atom. The summed E-state index contributed by atoms with van der Waals surface area (Å²) in [6.45, 7) is -3.13. The Morgan fingerprint density at radius 1 is 0.714 bits per heavy atom. The van der Waals surface area contributed by atoms with Crippen LogP contribution < -0.4 is 5.32 Å². The summed E-state index contributed by atoms with van der Waals surface area (Å²) in [6, 6.07) is 6.33. The van der Waals surface area contributed by atoms with E-state index in [0.29, 0.717) is 11.4 Å². The second-order valence-electron chi connectivity index (χ2n) is 9.15. The van der Waals surface area contributed by atoms with E-state index in [4.69, 9.17) is 15.7 Å². The first-order chi connectivity index (χ1) is 19.8. The normalized spacial score (nSPS) is 10.8. The third-order valence-electron chi connectivity index (χ3n) is 5.62. The molecule has 18 nitrogen and oxygen atoms in total. The predicted molar refractivity (Wildman–Crippen MR) is 146 cm³/mol. The summed E-state index contributed by atoms with van der Waals surface area (Å²) in [5.41, 5.74) is 9.42. The van der Waals surface area contributed by atoms with E-state index in [-0.39, 0.29) is 51.6 Å². The van der Waals surface area contributed by atoms with Crippen LogP contribution >= 0.6 is 0 Å². The van der Waals surface area contributed by atoms with Crippen LogP contribution in [0.4, 0.5) is 11.4 Å². The summed E-state index contributed by atoms with van der Waals surface area (Å²) in [4.78, 5) is 77.4. The zero-order valence-electron chi connectivity index (χ0n) is 23.0. The second-order valence-corrected chi connectivity index (χ2v) is 9.15. The number of hydrogen-bond acceptors (Lipinski definition) is 11. The molecule has 0 fully saturated rings. The number of carbonyl (C=O) groups excluding carboxylic acids is 2. The van der Waals surface area contributed by atoms with E-state index in [0.717, 1.165) is 9.80 Å². The van der Waals surface area contributed by atoms with Crippen molar-refractivity contribution >= 4 is 46.9 Å². The molecule has 230 valence electrons. The number of benzene rings is 1. The maximum atomic E-state index is 12.7. The van der Waals surface area contributed by atoms with E-state index < -0.39 is 56.0 Å². The first-order valence-corrected chi connectivity index (χ1v) is 12.5. The minimum atomic E-state index is -1.26. The standard InChI is InChI=1S/C24H34N8O10/c1-29(11-19(33)10-26-17-2-4-18(5-3-17)27-28-25)20(34)12-31(14-22(37)38)8-6-30(13-21(35)36)7-9-32(15-23(39)40)16-24(41)42/h2-5,26H,6-16H2,1H3,(H,35,36)(H,37,38)(H,39,40)(H,41,42). The molecule has 1 rings (SSSR count). The molecular weight excluding hydrogens is 560 g/mol. The molecule has 0 heterocycles. The van der Waals surface area contributed by atoms with Crippen LogP contribution in [-0.2, 0) is 28.8 Å². The zero-order valence-corrected chi connectivity index (χ0v) is 23.0. The predicted octanol–water partition coefficient (Wildman–Crippen LogP) is -0.688. The van der Waals surface area contributed by atoms with Crippen molar-refractivity contribution < 1.29 is 49.2 Å². The summed E-state index contributed by atoms with van der Waals surface area (Å²) in [5.74, 6) is -5.86. The molecule has 1 amide bonds. The van der Waals surface area contributed by atoms with Crippen LogP contribution in [0.25, 0.3) is 10.4 Å². The van der Waals surface area contributed by atoms with Gasteiger partial charge in [0.1, 0.15) is 0 Å². The van der Waals surface area contributed by atoms with Crippen molar-refractivity contribution in [3.63, 3.8) is 0 Å². The Hall–Kier alpha value is -4.77. The minimum absolute atomic E-state index is 0.0219. The van der Waals surface area contributed by atoms with Crippen LogP contribution in [-0.4, -0.2) is 155 Å². The number of likely N-dealkylation sites (N-methyl/N-ethyl adjacent to an activating group) is 1. The van der Waals surface area contributed by atoms with Gasteiger partial charge in [-0.25, -0.2) is 0 Å². The fraction of sp³-hybridized carbons (Fsp3) is 0.500. The number of nitrogens with one attached hydrogen (secondary N) is 1. The summed E-state index contributed by atoms with van der Waals surface area (Å²) in [6.07, 6.45) is 0. The highest BCUT2D eigenvalue weighted by molar-refractivity contribution is 5.89. The summed E-state index contributed by atoms with van der Waals surface area (Å²) in [5, 5.41) is 42.8. The highest BCUT2D eigenvalue weighted by atomic mass is 16.4. The SMILES string of the molecule is CN(CC(=O)CNc1ccc(N=[N+]=[N-])cc1)C(=O)CN(CCN(CCN(CC(=O)O)CC(=O)O)CC(=O)O)CC(=O)O. The number of Topliss-reactive ketones (excluding diaryl/α,β-unsaturated/α-hetero) is 1. The minimum Gasteiger partial charge on any atom is -0.480 e. The quantitative estimate of drug-likeness (QED) is 0.0633. The van der Waals surface area contributed by atoms with E-state index in [1.165, 1.54) is 16.8 Å². The number of amides is 1. The molecule has 0 spiro atoms. The van der Waals surface area contributed by atoms with Gasteiger partial charge in [-0.1, -0.05) is 17.2 Å². The van der Waals surface area contributed by atoms with E-state index in [1.807, 2.05) is 0 Å². The third kappa shape index (κ3) is 15.7. The summed E-state index contributed by atoms with van der Waals surface area (Å²) >= 11 is 0. The van der Waals surface area contributed by atoms with E-state index in [9.17, 15) is 39.0 Å². The number of carboxylic acid groups (broad SMARTS) is 4. The molecule has 0 radical (unpaired) electrons. The van der Waals surface area contributed by atoms with Crippen molar-refractivity contribution in [1.29, 1.82) is 0 Å². The van der Waals surface area contributed by atoms with Crippen molar-refractivity contribution in [2.45, 2.75) is 0 Å². The van der Waals surface area contributed by atoms with Gasteiger partial charge in [0, 0.05) is 49.5 Å². The van der Waals surface area contributed by atoms with Crippen molar-refractivity contribution in [3.8, 4) is 0 Å². The van der Waals surface area contributed by atoms with Gasteiger partial charge in [-0.2, -0.15) is 0 Å². The van der Waals surface area contributed by atoms with Gasteiger partial charge in [0.05, 0.1) is 45.8 Å². The van der Waals surface area contributed by atoms with Gasteiger partial charge in [-0.05, 0) is 17.7 Å². The molecule has 0 saturated heterocycles. The van der Waals surface area contributed by atoms with Crippen molar-refractivity contribution in [2.75, 3.05) is 84.4 Å². The third-order valence-corrected chi connectivity index (χ3v) is 5.62. The maximum absolute atomic E-state index is 12.7. The molecule has 5 N–H and O–H groups in total. The number of rotatable bonds is 22. The Morgan fingerprint density at radius 3 is 1.60 bits per heavy atom. The lowest BCUT2D eigenvalue weighted by atomic mass is 10.2. The molecule has 0 saturated carbocycles. The fourth-order valence-corrected chi connectivity index (χ4v) is 3.65. The molecule has 1 aromatic carbocycles. The molecule has 0 bridgehead atoms. The molecule has 0 aromatic heterocycles.